The van der Waals surface area contributed by atoms with E-state index >= 15 is 0 Å². The second kappa shape index (κ2) is 7.29. The first-order valence-electron chi connectivity index (χ1n) is 12.8. The average Bonchev–Trinajstić information content (AvgIpc) is 3.25. The van der Waals surface area contributed by atoms with Crippen LogP contribution in [-0.4, -0.2) is 50.5 Å². The lowest BCUT2D eigenvalue weighted by Crippen LogP contribution is -2.64. The number of aromatic nitrogens is 3. The van der Waals surface area contributed by atoms with E-state index in [2.05, 4.69) is 65.2 Å². The number of nitrogens with zero attached hydrogens (tertiary/aromatic N) is 5. The van der Waals surface area contributed by atoms with Crippen molar-refractivity contribution in [2.24, 2.45) is 5.41 Å². The van der Waals surface area contributed by atoms with Crippen molar-refractivity contribution in [3.63, 3.8) is 0 Å². The number of hydrogen-bond acceptors (Lipinski definition) is 5. The van der Waals surface area contributed by atoms with Gasteiger partial charge in [0.1, 0.15) is 11.3 Å². The molecule has 0 unspecified atom stereocenters. The van der Waals surface area contributed by atoms with Crippen molar-refractivity contribution in [3.05, 3.63) is 36.2 Å². The molecule has 2 N–H and O–H groups in total. The Morgan fingerprint density at radius 2 is 1.77 bits per heavy atom. The SMILES string of the molecule is CC(C)n1cnc2cc(-c3ccc4c(c3)N([C@H]3C[C@@H](N5CC(C)(C)C5)C3)C(=O)C4(C)C)nc(N)c21. The van der Waals surface area contributed by atoms with E-state index in [0.29, 0.717) is 17.3 Å². The van der Waals surface area contributed by atoms with Crippen LogP contribution in [-0.2, 0) is 10.2 Å². The molecular weight excluding hydrogens is 436 g/mol. The number of benzene rings is 1. The summed E-state index contributed by atoms with van der Waals surface area (Å²) < 4.78 is 2.05. The van der Waals surface area contributed by atoms with E-state index in [4.69, 9.17) is 10.7 Å². The highest BCUT2D eigenvalue weighted by Gasteiger charge is 2.51. The molecule has 1 amide bonds. The molecule has 2 fully saturated rings. The predicted molar refractivity (Wildman–Crippen MR) is 140 cm³/mol. The van der Waals surface area contributed by atoms with Gasteiger partial charge in [0.25, 0.3) is 0 Å². The Morgan fingerprint density at radius 3 is 2.43 bits per heavy atom. The Labute approximate surface area is 207 Å². The molecule has 2 aromatic heterocycles. The van der Waals surface area contributed by atoms with Crippen LogP contribution in [0.15, 0.2) is 30.6 Å². The fourth-order valence-electron chi connectivity index (χ4n) is 6.32. The van der Waals surface area contributed by atoms with Crippen LogP contribution < -0.4 is 10.6 Å². The first kappa shape index (κ1) is 22.5. The number of hydrogen-bond donors (Lipinski definition) is 1. The molecule has 0 radical (unpaired) electrons. The maximum Gasteiger partial charge on any atom is 0.237 e. The molecule has 3 aliphatic rings. The van der Waals surface area contributed by atoms with Crippen molar-refractivity contribution >= 4 is 28.4 Å². The largest absolute Gasteiger partial charge is 0.382 e. The Hall–Kier alpha value is -2.93. The van der Waals surface area contributed by atoms with E-state index in [1.165, 1.54) is 0 Å². The van der Waals surface area contributed by atoms with Crippen molar-refractivity contribution in [3.8, 4) is 11.3 Å². The van der Waals surface area contributed by atoms with Gasteiger partial charge in [-0.2, -0.15) is 0 Å². The van der Waals surface area contributed by atoms with E-state index in [1.807, 2.05) is 26.2 Å². The molecule has 1 saturated heterocycles. The summed E-state index contributed by atoms with van der Waals surface area (Å²) in [6, 6.07) is 9.41. The van der Waals surface area contributed by atoms with E-state index in [-0.39, 0.29) is 18.0 Å². The minimum atomic E-state index is -0.524. The molecule has 7 nitrogen and oxygen atoms in total. The van der Waals surface area contributed by atoms with Crippen LogP contribution >= 0.6 is 0 Å². The lowest BCUT2D eigenvalue weighted by molar-refractivity contribution is -0.123. The lowest BCUT2D eigenvalue weighted by atomic mass is 9.76. The third kappa shape index (κ3) is 3.31. The number of likely N-dealkylation sites (tertiary alicyclic amines) is 1. The summed E-state index contributed by atoms with van der Waals surface area (Å²) >= 11 is 0. The zero-order valence-corrected chi connectivity index (χ0v) is 21.7. The van der Waals surface area contributed by atoms with Crippen LogP contribution in [0.25, 0.3) is 22.3 Å². The maximum atomic E-state index is 13.6. The normalized spacial score (nSPS) is 25.1. The molecule has 3 aromatic rings. The van der Waals surface area contributed by atoms with Gasteiger partial charge >= 0.3 is 0 Å². The second-order valence-electron chi connectivity index (χ2n) is 12.4. The third-order valence-electron chi connectivity index (χ3n) is 8.35. The summed E-state index contributed by atoms with van der Waals surface area (Å²) in [4.78, 5) is 27.6. The summed E-state index contributed by atoms with van der Waals surface area (Å²) in [5.74, 6) is 0.687. The predicted octanol–water partition coefficient (Wildman–Crippen LogP) is 4.76. The van der Waals surface area contributed by atoms with Crippen molar-refractivity contribution in [1.29, 1.82) is 0 Å². The van der Waals surface area contributed by atoms with E-state index in [0.717, 1.165) is 59.5 Å². The van der Waals surface area contributed by atoms with Gasteiger partial charge in [0.2, 0.25) is 5.91 Å². The van der Waals surface area contributed by atoms with Gasteiger partial charge in [-0.05, 0) is 63.6 Å². The first-order valence-corrected chi connectivity index (χ1v) is 12.8. The number of anilines is 2. The van der Waals surface area contributed by atoms with Crippen molar-refractivity contribution in [1.82, 2.24) is 19.4 Å². The Kier molecular flexibility index (Phi) is 4.69. The van der Waals surface area contributed by atoms with Crippen LogP contribution in [0, 0.1) is 5.41 Å². The zero-order valence-electron chi connectivity index (χ0n) is 21.7. The highest BCUT2D eigenvalue weighted by molar-refractivity contribution is 6.08. The highest BCUT2D eigenvalue weighted by atomic mass is 16.2. The number of pyridine rings is 1. The van der Waals surface area contributed by atoms with Crippen molar-refractivity contribution in [2.45, 2.75) is 77.9 Å². The number of rotatable bonds is 4. The van der Waals surface area contributed by atoms with E-state index in [1.54, 1.807) is 0 Å². The smallest absolute Gasteiger partial charge is 0.237 e. The van der Waals surface area contributed by atoms with Gasteiger partial charge in [-0.15, -0.1) is 0 Å². The summed E-state index contributed by atoms with van der Waals surface area (Å²) in [7, 11) is 0. The van der Waals surface area contributed by atoms with Gasteiger partial charge in [-0.25, -0.2) is 9.97 Å². The van der Waals surface area contributed by atoms with Crippen LogP contribution in [0.1, 0.15) is 66.0 Å². The third-order valence-corrected chi connectivity index (χ3v) is 8.35. The Bertz CT molecular complexity index is 1340. The molecular formula is C28H36N6O. The standard InChI is InChI=1S/C28H36N6O/c1-16(2)33-15-30-22-12-21(31-25(29)24(22)33)17-7-8-20-23(9-17)34(26(35)28(20,5)6)19-10-18(11-19)32-13-27(3,4)14-32/h7-9,12,15-16,18-19H,10-11,13-14H2,1-6H3,(H2,29,31)/t18-,19+. The van der Waals surface area contributed by atoms with Gasteiger partial charge < -0.3 is 15.2 Å². The molecule has 0 atom stereocenters. The summed E-state index contributed by atoms with van der Waals surface area (Å²) in [6.07, 6.45) is 3.92. The summed E-state index contributed by atoms with van der Waals surface area (Å²) in [6.45, 7) is 15.3. The van der Waals surface area contributed by atoms with Crippen LogP contribution in [0.2, 0.25) is 0 Å². The molecule has 0 bridgehead atoms. The monoisotopic (exact) mass is 472 g/mol. The fourth-order valence-corrected chi connectivity index (χ4v) is 6.32. The van der Waals surface area contributed by atoms with E-state index < -0.39 is 5.41 Å². The number of nitrogens with two attached hydrogens (primary N) is 1. The first-order chi connectivity index (χ1) is 16.5. The number of nitrogen functional groups attached to an aromatic ring is 1. The minimum Gasteiger partial charge on any atom is -0.382 e. The van der Waals surface area contributed by atoms with Gasteiger partial charge in [0.15, 0.2) is 0 Å². The molecule has 184 valence electrons. The molecule has 35 heavy (non-hydrogen) atoms. The van der Waals surface area contributed by atoms with Crippen LogP contribution in [0.4, 0.5) is 11.5 Å². The van der Waals surface area contributed by atoms with E-state index in [9.17, 15) is 4.79 Å². The quantitative estimate of drug-likeness (QED) is 0.592. The van der Waals surface area contributed by atoms with Gasteiger partial charge in [0.05, 0.1) is 23.0 Å². The minimum absolute atomic E-state index is 0.204. The molecule has 7 heteroatoms. The molecule has 0 spiro atoms. The summed E-state index contributed by atoms with van der Waals surface area (Å²) in [5, 5.41) is 0. The summed E-state index contributed by atoms with van der Waals surface area (Å²) in [5.41, 5.74) is 11.9. The average molecular weight is 473 g/mol. The number of carbonyl (C=O) groups is 1. The number of carbonyl (C=O) groups excluding carboxylic acids is 1. The molecule has 1 saturated carbocycles. The van der Waals surface area contributed by atoms with Crippen LogP contribution in [0.5, 0.6) is 0 Å². The van der Waals surface area contributed by atoms with Gasteiger partial charge in [-0.1, -0.05) is 26.0 Å². The topological polar surface area (TPSA) is 80.3 Å². The van der Waals surface area contributed by atoms with Crippen LogP contribution in [0.3, 0.4) is 0 Å². The number of imidazole rings is 1. The second-order valence-corrected chi connectivity index (χ2v) is 12.4. The zero-order chi connectivity index (χ0) is 24.9. The maximum absolute atomic E-state index is 13.6. The molecule has 2 aliphatic heterocycles. The molecule has 1 aliphatic carbocycles. The molecule has 4 heterocycles. The Balaban J connectivity index is 1.33. The van der Waals surface area contributed by atoms with Gasteiger partial charge in [-0.3, -0.25) is 9.69 Å². The lowest BCUT2D eigenvalue weighted by Gasteiger charge is -2.55. The molecule has 1 aromatic carbocycles. The van der Waals surface area contributed by atoms with Crippen molar-refractivity contribution in [2.75, 3.05) is 23.7 Å². The Morgan fingerprint density at radius 1 is 1.06 bits per heavy atom. The number of amides is 1. The fraction of sp³-hybridized carbons (Fsp3) is 0.536. The van der Waals surface area contributed by atoms with Crippen molar-refractivity contribution < 1.29 is 4.79 Å². The molecule has 6 rings (SSSR count). The number of fused-ring (bicyclic) bond motifs is 2. The highest BCUT2D eigenvalue weighted by Crippen LogP contribution is 2.48. The van der Waals surface area contributed by atoms with Gasteiger partial charge in [0, 0.05) is 42.5 Å².